The van der Waals surface area contributed by atoms with Crippen LogP contribution >= 0.6 is 11.6 Å². The van der Waals surface area contributed by atoms with Crippen molar-refractivity contribution >= 4 is 23.6 Å². The van der Waals surface area contributed by atoms with Crippen LogP contribution in [0.25, 0.3) is 6.08 Å². The van der Waals surface area contributed by atoms with E-state index in [1.165, 1.54) is 6.08 Å². The van der Waals surface area contributed by atoms with E-state index < -0.39 is 5.97 Å². The smallest absolute Gasteiger partial charge is 0.545 e. The molecule has 0 saturated heterocycles. The number of carboxylic acid groups (broad SMARTS) is 1. The Hall–Kier alpha value is -0.540. The first-order chi connectivity index (χ1) is 5.68. The van der Waals surface area contributed by atoms with Crippen LogP contribution in [0.5, 0.6) is 0 Å². The van der Waals surface area contributed by atoms with Gasteiger partial charge in [0.25, 0.3) is 0 Å². The molecule has 0 bridgehead atoms. The van der Waals surface area contributed by atoms with E-state index in [4.69, 9.17) is 11.6 Å². The standard InChI is InChI=1S/C9H7ClO2.Ag/c10-8-3-1-2-7(6-8)4-5-9(11)12;/h1-6H,(H,11,12);/q;+1/p-1. The van der Waals surface area contributed by atoms with Crippen molar-refractivity contribution in [3.8, 4) is 0 Å². The molecule has 72 valence electrons. The molecule has 13 heavy (non-hydrogen) atoms. The average molecular weight is 289 g/mol. The zero-order valence-electron chi connectivity index (χ0n) is 6.46. The minimum absolute atomic E-state index is 0. The van der Waals surface area contributed by atoms with Crippen molar-refractivity contribution in [2.24, 2.45) is 0 Å². The molecule has 0 N–H and O–H groups in total. The van der Waals surface area contributed by atoms with Gasteiger partial charge < -0.3 is 9.90 Å². The molecule has 0 amide bonds. The maximum absolute atomic E-state index is 10.0. The molecule has 2 nitrogen and oxygen atoms in total. The van der Waals surface area contributed by atoms with Crippen molar-refractivity contribution < 1.29 is 32.3 Å². The van der Waals surface area contributed by atoms with E-state index in [1.54, 1.807) is 24.3 Å². The Morgan fingerprint density at radius 3 is 2.69 bits per heavy atom. The molecule has 1 aromatic carbocycles. The van der Waals surface area contributed by atoms with Crippen molar-refractivity contribution in [2.45, 2.75) is 0 Å². The number of carbonyl (C=O) groups excluding carboxylic acids is 1. The number of hydrogen-bond acceptors (Lipinski definition) is 2. The molecule has 1 rings (SSSR count). The van der Waals surface area contributed by atoms with Gasteiger partial charge in [-0.3, -0.25) is 0 Å². The van der Waals surface area contributed by atoms with E-state index >= 15 is 0 Å². The summed E-state index contributed by atoms with van der Waals surface area (Å²) in [5.74, 6) is -1.21. The molecule has 0 aliphatic carbocycles. The van der Waals surface area contributed by atoms with E-state index in [9.17, 15) is 9.90 Å². The van der Waals surface area contributed by atoms with Crippen LogP contribution in [0.15, 0.2) is 30.3 Å². The summed E-state index contributed by atoms with van der Waals surface area (Å²) in [6, 6.07) is 6.89. The van der Waals surface area contributed by atoms with Crippen molar-refractivity contribution in [1.82, 2.24) is 0 Å². The van der Waals surface area contributed by atoms with Crippen LogP contribution in [0.1, 0.15) is 5.56 Å². The van der Waals surface area contributed by atoms with Crippen LogP contribution in [-0.4, -0.2) is 5.97 Å². The first-order valence-corrected chi connectivity index (χ1v) is 3.71. The van der Waals surface area contributed by atoms with Gasteiger partial charge in [-0.25, -0.2) is 0 Å². The second kappa shape index (κ2) is 6.00. The quantitative estimate of drug-likeness (QED) is 0.604. The maximum Gasteiger partial charge on any atom is 1.00 e. The Kier molecular flexibility index (Phi) is 5.75. The number of halogens is 1. The second-order valence-electron chi connectivity index (χ2n) is 2.21. The molecular formula is C9H6AgClO2. The summed E-state index contributed by atoms with van der Waals surface area (Å²) >= 11 is 5.66. The Balaban J connectivity index is 0.00000144. The van der Waals surface area contributed by atoms with Crippen LogP contribution in [0, 0.1) is 0 Å². The van der Waals surface area contributed by atoms with Gasteiger partial charge in [0, 0.05) is 5.02 Å². The summed E-state index contributed by atoms with van der Waals surface area (Å²) in [5, 5.41) is 10.6. The van der Waals surface area contributed by atoms with E-state index in [0.29, 0.717) is 5.02 Å². The normalized spacial score (nSPS) is 9.62. The Morgan fingerprint density at radius 1 is 1.46 bits per heavy atom. The van der Waals surface area contributed by atoms with Gasteiger partial charge >= 0.3 is 22.4 Å². The molecule has 4 heteroatoms. The molecule has 1 aromatic rings. The maximum atomic E-state index is 10.0. The molecule has 0 saturated carbocycles. The molecule has 0 aliphatic heterocycles. The largest absolute Gasteiger partial charge is 1.00 e. The number of carboxylic acids is 1. The topological polar surface area (TPSA) is 40.1 Å². The molecule has 0 radical (unpaired) electrons. The molecule has 0 spiro atoms. The van der Waals surface area contributed by atoms with Crippen LogP contribution in [-0.2, 0) is 27.2 Å². The van der Waals surface area contributed by atoms with E-state index in [1.807, 2.05) is 0 Å². The minimum atomic E-state index is -1.21. The van der Waals surface area contributed by atoms with E-state index in [0.717, 1.165) is 11.6 Å². The van der Waals surface area contributed by atoms with Gasteiger partial charge in [-0.1, -0.05) is 29.8 Å². The molecule has 0 heterocycles. The van der Waals surface area contributed by atoms with Crippen LogP contribution in [0.4, 0.5) is 0 Å². The summed E-state index contributed by atoms with van der Waals surface area (Å²) in [6.45, 7) is 0. The summed E-state index contributed by atoms with van der Waals surface area (Å²) < 4.78 is 0. The summed E-state index contributed by atoms with van der Waals surface area (Å²) in [5.41, 5.74) is 0.742. The van der Waals surface area contributed by atoms with Gasteiger partial charge in [0.2, 0.25) is 0 Å². The van der Waals surface area contributed by atoms with Gasteiger partial charge in [0.15, 0.2) is 0 Å². The van der Waals surface area contributed by atoms with Gasteiger partial charge in [0.1, 0.15) is 0 Å². The molecule has 0 fully saturated rings. The zero-order valence-corrected chi connectivity index (χ0v) is 8.70. The van der Waals surface area contributed by atoms with Gasteiger partial charge in [0.05, 0.1) is 5.97 Å². The third kappa shape index (κ3) is 4.91. The fraction of sp³-hybridized carbons (Fsp3) is 0. The number of carbonyl (C=O) groups is 1. The Morgan fingerprint density at radius 2 is 2.15 bits per heavy atom. The summed E-state index contributed by atoms with van der Waals surface area (Å²) in [6.07, 6.45) is 2.40. The van der Waals surface area contributed by atoms with Crippen LogP contribution < -0.4 is 5.11 Å². The van der Waals surface area contributed by atoms with Gasteiger partial charge in [-0.05, 0) is 23.8 Å². The first kappa shape index (κ1) is 12.5. The monoisotopic (exact) mass is 288 g/mol. The number of aliphatic carboxylic acids is 1. The molecule has 0 atom stereocenters. The number of benzene rings is 1. The second-order valence-corrected chi connectivity index (χ2v) is 2.64. The first-order valence-electron chi connectivity index (χ1n) is 3.33. The van der Waals surface area contributed by atoms with E-state index in [2.05, 4.69) is 0 Å². The van der Waals surface area contributed by atoms with Crippen molar-refractivity contribution in [3.05, 3.63) is 40.9 Å². The summed E-state index contributed by atoms with van der Waals surface area (Å²) in [4.78, 5) is 10.0. The van der Waals surface area contributed by atoms with Crippen molar-refractivity contribution in [2.75, 3.05) is 0 Å². The predicted octanol–water partition coefficient (Wildman–Crippen LogP) is 1.10. The fourth-order valence-electron chi connectivity index (χ4n) is 0.775. The van der Waals surface area contributed by atoms with Crippen molar-refractivity contribution in [3.63, 3.8) is 0 Å². The average Bonchev–Trinajstić information content (AvgIpc) is 2.01. The van der Waals surface area contributed by atoms with Gasteiger partial charge in [-0.2, -0.15) is 0 Å². The minimum Gasteiger partial charge on any atom is -0.545 e. The Bertz CT molecular complexity index is 323. The third-order valence-electron chi connectivity index (χ3n) is 1.26. The van der Waals surface area contributed by atoms with E-state index in [-0.39, 0.29) is 22.4 Å². The zero-order chi connectivity index (χ0) is 8.97. The molecular weight excluding hydrogens is 283 g/mol. The SMILES string of the molecule is O=C([O-])C=Cc1cccc(Cl)c1.[Ag+]. The van der Waals surface area contributed by atoms with Crippen LogP contribution in [0.3, 0.4) is 0 Å². The Labute approximate surface area is 96.7 Å². The molecule has 0 aliphatic rings. The van der Waals surface area contributed by atoms with Crippen molar-refractivity contribution in [1.29, 1.82) is 0 Å². The summed E-state index contributed by atoms with van der Waals surface area (Å²) in [7, 11) is 0. The predicted molar refractivity (Wildman–Crippen MR) is 45.5 cm³/mol. The third-order valence-corrected chi connectivity index (χ3v) is 1.50. The van der Waals surface area contributed by atoms with Gasteiger partial charge in [-0.15, -0.1) is 0 Å². The molecule has 0 aromatic heterocycles. The fourth-order valence-corrected chi connectivity index (χ4v) is 0.973. The number of rotatable bonds is 2. The number of hydrogen-bond donors (Lipinski definition) is 0. The molecule has 0 unspecified atom stereocenters. The van der Waals surface area contributed by atoms with Crippen LogP contribution in [0.2, 0.25) is 5.02 Å².